The van der Waals surface area contributed by atoms with E-state index in [1.54, 1.807) is 4.57 Å². The Hall–Kier alpha value is -3.12. The number of nitrogens with zero attached hydrogens (tertiary/aromatic N) is 3. The summed E-state index contributed by atoms with van der Waals surface area (Å²) >= 11 is 6.33. The number of para-hydroxylation sites is 2. The largest absolute Gasteiger partial charge is 0.462 e. The van der Waals surface area contributed by atoms with Crippen LogP contribution in [0.4, 0.5) is 5.82 Å². The third-order valence-corrected chi connectivity index (χ3v) is 4.89. The summed E-state index contributed by atoms with van der Waals surface area (Å²) in [5, 5.41) is 0.618. The van der Waals surface area contributed by atoms with E-state index in [1.165, 1.54) is 0 Å². The average Bonchev–Trinajstić information content (AvgIpc) is 2.97. The number of ether oxygens (including phenoxy) is 1. The van der Waals surface area contributed by atoms with Gasteiger partial charge in [-0.3, -0.25) is 0 Å². The number of hydrogen-bond donors (Lipinski definition) is 1. The minimum Gasteiger partial charge on any atom is -0.462 e. The Bertz CT molecular complexity index is 1190. The number of nitrogens with two attached hydrogens (primary N) is 1. The molecule has 28 heavy (non-hydrogen) atoms. The van der Waals surface area contributed by atoms with E-state index in [0.717, 1.165) is 17.5 Å². The van der Waals surface area contributed by atoms with Gasteiger partial charge in [-0.1, -0.05) is 48.9 Å². The van der Waals surface area contributed by atoms with Gasteiger partial charge >= 0.3 is 5.97 Å². The first-order valence-electron chi connectivity index (χ1n) is 9.05. The number of rotatable bonds is 5. The molecule has 0 atom stereocenters. The fourth-order valence-electron chi connectivity index (χ4n) is 3.14. The Morgan fingerprint density at radius 1 is 1.11 bits per heavy atom. The zero-order chi connectivity index (χ0) is 19.7. The summed E-state index contributed by atoms with van der Waals surface area (Å²) in [6.07, 6.45) is 0.721. The molecule has 7 heteroatoms. The van der Waals surface area contributed by atoms with Gasteiger partial charge in [0.25, 0.3) is 0 Å². The van der Waals surface area contributed by atoms with Crippen LogP contribution in [0.1, 0.15) is 29.3 Å². The monoisotopic (exact) mass is 394 g/mol. The van der Waals surface area contributed by atoms with Crippen LogP contribution in [0.25, 0.3) is 22.2 Å². The van der Waals surface area contributed by atoms with Crippen molar-refractivity contribution in [3.63, 3.8) is 0 Å². The lowest BCUT2D eigenvalue weighted by atomic mass is 10.2. The summed E-state index contributed by atoms with van der Waals surface area (Å²) in [6, 6.07) is 15.0. The van der Waals surface area contributed by atoms with Crippen LogP contribution in [0.3, 0.4) is 0 Å². The predicted octanol–water partition coefficient (Wildman–Crippen LogP) is 4.44. The van der Waals surface area contributed by atoms with Gasteiger partial charge in [-0.05, 0) is 30.2 Å². The molecule has 0 saturated carbocycles. The highest BCUT2D eigenvalue weighted by atomic mass is 35.5. The topological polar surface area (TPSA) is 83.0 Å². The van der Waals surface area contributed by atoms with Crippen LogP contribution in [-0.4, -0.2) is 27.1 Å². The highest BCUT2D eigenvalue weighted by Crippen LogP contribution is 2.30. The molecule has 0 radical (unpaired) electrons. The molecule has 4 aromatic rings. The smallest absolute Gasteiger partial charge is 0.344 e. The van der Waals surface area contributed by atoms with Gasteiger partial charge in [-0.25, -0.2) is 14.8 Å². The molecule has 2 N–H and O–H groups in total. The minimum absolute atomic E-state index is 0.244. The Morgan fingerprint density at radius 2 is 1.79 bits per heavy atom. The normalized spacial score (nSPS) is 11.2. The van der Waals surface area contributed by atoms with Gasteiger partial charge in [0.15, 0.2) is 5.65 Å². The van der Waals surface area contributed by atoms with E-state index in [2.05, 4.69) is 4.98 Å². The van der Waals surface area contributed by atoms with E-state index in [-0.39, 0.29) is 11.4 Å². The fraction of sp³-hybridized carbons (Fsp3) is 0.190. The molecule has 2 aromatic carbocycles. The van der Waals surface area contributed by atoms with Gasteiger partial charge in [-0.15, -0.1) is 0 Å². The molecule has 0 aliphatic rings. The van der Waals surface area contributed by atoms with Crippen molar-refractivity contribution in [3.05, 3.63) is 64.7 Å². The summed E-state index contributed by atoms with van der Waals surface area (Å²) < 4.78 is 7.10. The summed E-state index contributed by atoms with van der Waals surface area (Å²) in [5.74, 6) is -0.224. The summed E-state index contributed by atoms with van der Waals surface area (Å²) in [7, 11) is 0. The SMILES string of the molecule is CCCOC(=O)c1c(N)n(Cc2ccccc2Cl)c2nc3ccccc3nc12. The van der Waals surface area contributed by atoms with Crippen LogP contribution in [0.15, 0.2) is 48.5 Å². The molecule has 0 fully saturated rings. The van der Waals surface area contributed by atoms with E-state index in [9.17, 15) is 4.79 Å². The molecule has 0 amide bonds. The maximum Gasteiger partial charge on any atom is 0.344 e. The first-order chi connectivity index (χ1) is 13.6. The zero-order valence-corrected chi connectivity index (χ0v) is 16.1. The first-order valence-corrected chi connectivity index (χ1v) is 9.43. The van der Waals surface area contributed by atoms with Crippen LogP contribution in [0.2, 0.25) is 5.02 Å². The number of anilines is 1. The quantitative estimate of drug-likeness (QED) is 0.506. The van der Waals surface area contributed by atoms with E-state index >= 15 is 0 Å². The van der Waals surface area contributed by atoms with Crippen molar-refractivity contribution in [2.45, 2.75) is 19.9 Å². The summed E-state index contributed by atoms with van der Waals surface area (Å²) in [4.78, 5) is 22.1. The molecular formula is C21H19ClN4O2. The predicted molar refractivity (Wildman–Crippen MR) is 111 cm³/mol. The number of halogens is 1. The van der Waals surface area contributed by atoms with Gasteiger partial charge in [0.05, 0.1) is 24.2 Å². The van der Waals surface area contributed by atoms with Gasteiger partial charge in [0, 0.05) is 5.02 Å². The lowest BCUT2D eigenvalue weighted by Crippen LogP contribution is -2.11. The average molecular weight is 395 g/mol. The van der Waals surface area contributed by atoms with Crippen molar-refractivity contribution < 1.29 is 9.53 Å². The second kappa shape index (κ2) is 7.48. The zero-order valence-electron chi connectivity index (χ0n) is 15.4. The molecule has 6 nitrogen and oxygen atoms in total. The van der Waals surface area contributed by atoms with Crippen LogP contribution in [0, 0.1) is 0 Å². The number of carbonyl (C=O) groups is 1. The second-order valence-electron chi connectivity index (χ2n) is 6.46. The summed E-state index contributed by atoms with van der Waals surface area (Å²) in [5.41, 5.74) is 9.88. The maximum atomic E-state index is 12.7. The van der Waals surface area contributed by atoms with Gasteiger partial charge in [0.1, 0.15) is 16.9 Å². The highest BCUT2D eigenvalue weighted by Gasteiger charge is 2.25. The molecule has 142 valence electrons. The Labute approximate surface area is 166 Å². The number of fused-ring (bicyclic) bond motifs is 2. The number of esters is 1. The number of aromatic nitrogens is 3. The van der Waals surface area contributed by atoms with Crippen LogP contribution < -0.4 is 5.73 Å². The van der Waals surface area contributed by atoms with Crippen LogP contribution in [-0.2, 0) is 11.3 Å². The number of hydrogen-bond acceptors (Lipinski definition) is 5. The van der Waals surface area contributed by atoms with Crippen molar-refractivity contribution in [3.8, 4) is 0 Å². The third kappa shape index (κ3) is 3.16. The van der Waals surface area contributed by atoms with Gasteiger partial charge in [-0.2, -0.15) is 0 Å². The maximum absolute atomic E-state index is 12.7. The minimum atomic E-state index is -0.494. The second-order valence-corrected chi connectivity index (χ2v) is 6.87. The summed E-state index contributed by atoms with van der Waals surface area (Å²) in [6.45, 7) is 2.62. The van der Waals surface area contributed by atoms with E-state index < -0.39 is 5.97 Å². The third-order valence-electron chi connectivity index (χ3n) is 4.52. The molecule has 0 saturated heterocycles. The number of nitrogen functional groups attached to an aromatic ring is 1. The Balaban J connectivity index is 1.95. The molecule has 0 aliphatic carbocycles. The highest BCUT2D eigenvalue weighted by molar-refractivity contribution is 6.31. The van der Waals surface area contributed by atoms with Gasteiger partial charge in [0.2, 0.25) is 0 Å². The molecule has 2 aromatic heterocycles. The van der Waals surface area contributed by atoms with E-state index in [1.807, 2.05) is 55.5 Å². The van der Waals surface area contributed by atoms with Crippen LogP contribution in [0.5, 0.6) is 0 Å². The number of carbonyl (C=O) groups excluding carboxylic acids is 1. The van der Waals surface area contributed by atoms with Crippen molar-refractivity contribution in [1.82, 2.24) is 14.5 Å². The molecular weight excluding hydrogens is 376 g/mol. The standard InChI is InChI=1S/C21H19ClN4O2/c1-2-11-28-21(27)17-18-20(25-16-10-6-5-9-15(16)24-18)26(19(17)23)12-13-7-3-4-8-14(13)22/h3-10H,2,11-12,23H2,1H3. The Kier molecular flexibility index (Phi) is 4.88. The number of benzene rings is 2. The molecule has 2 heterocycles. The van der Waals surface area contributed by atoms with Crippen molar-refractivity contribution in [2.75, 3.05) is 12.3 Å². The van der Waals surface area contributed by atoms with E-state index in [4.69, 9.17) is 27.1 Å². The molecule has 0 unspecified atom stereocenters. The van der Waals surface area contributed by atoms with Crippen molar-refractivity contribution >= 4 is 45.6 Å². The van der Waals surface area contributed by atoms with Crippen molar-refractivity contribution in [2.24, 2.45) is 0 Å². The van der Waals surface area contributed by atoms with E-state index in [0.29, 0.717) is 34.9 Å². The lowest BCUT2D eigenvalue weighted by molar-refractivity contribution is 0.0508. The lowest BCUT2D eigenvalue weighted by Gasteiger charge is -2.09. The van der Waals surface area contributed by atoms with Crippen molar-refractivity contribution in [1.29, 1.82) is 0 Å². The molecule has 0 aliphatic heterocycles. The van der Waals surface area contributed by atoms with Gasteiger partial charge < -0.3 is 15.0 Å². The van der Waals surface area contributed by atoms with Crippen LogP contribution >= 0.6 is 11.6 Å². The molecule has 0 bridgehead atoms. The fourth-order valence-corrected chi connectivity index (χ4v) is 3.34. The molecule has 4 rings (SSSR count). The molecule has 0 spiro atoms. The Morgan fingerprint density at radius 3 is 2.50 bits per heavy atom. The first kappa shape index (κ1) is 18.3.